The molecule has 0 aliphatic carbocycles. The summed E-state index contributed by atoms with van der Waals surface area (Å²) < 4.78 is 1.56. The van der Waals surface area contributed by atoms with E-state index in [1.165, 1.54) is 0 Å². The van der Waals surface area contributed by atoms with Crippen LogP contribution in [0, 0.1) is 0 Å². The van der Waals surface area contributed by atoms with Gasteiger partial charge in [-0.3, -0.25) is 0 Å². The number of aromatic amines is 1. The van der Waals surface area contributed by atoms with Gasteiger partial charge in [0.05, 0.1) is 12.1 Å². The molecule has 2 aromatic heterocycles. The summed E-state index contributed by atoms with van der Waals surface area (Å²) in [5.74, 6) is 0. The van der Waals surface area contributed by atoms with Crippen LogP contribution in [0.3, 0.4) is 0 Å². The van der Waals surface area contributed by atoms with Gasteiger partial charge in [0.15, 0.2) is 5.65 Å². The molecule has 0 saturated carbocycles. The zero-order chi connectivity index (χ0) is 15.1. The van der Waals surface area contributed by atoms with Crippen molar-refractivity contribution in [1.29, 1.82) is 0 Å². The minimum absolute atomic E-state index is 0.0273. The highest BCUT2D eigenvalue weighted by atomic mass is 16.3. The van der Waals surface area contributed by atoms with Gasteiger partial charge >= 0.3 is 5.69 Å². The van der Waals surface area contributed by atoms with Crippen molar-refractivity contribution in [1.82, 2.24) is 14.6 Å². The van der Waals surface area contributed by atoms with Gasteiger partial charge in [0, 0.05) is 5.39 Å². The van der Waals surface area contributed by atoms with Gasteiger partial charge in [-0.2, -0.15) is 5.10 Å². The number of aliphatic hydroxyl groups is 1. The van der Waals surface area contributed by atoms with E-state index in [9.17, 15) is 9.90 Å². The Bertz CT molecular complexity index is 1050. The number of hydrogen-bond acceptors (Lipinski definition) is 3. The van der Waals surface area contributed by atoms with Crippen molar-refractivity contribution >= 4 is 16.6 Å². The van der Waals surface area contributed by atoms with Gasteiger partial charge in [-0.1, -0.05) is 36.4 Å². The quantitative estimate of drug-likeness (QED) is 0.595. The van der Waals surface area contributed by atoms with Crippen LogP contribution in [-0.4, -0.2) is 19.7 Å². The lowest BCUT2D eigenvalue weighted by atomic mass is 9.96. The first-order valence-corrected chi connectivity index (χ1v) is 6.97. The van der Waals surface area contributed by atoms with E-state index >= 15 is 0 Å². The Morgan fingerprint density at radius 3 is 2.68 bits per heavy atom. The van der Waals surface area contributed by atoms with Crippen LogP contribution in [0.4, 0.5) is 0 Å². The molecule has 0 unspecified atom stereocenters. The van der Waals surface area contributed by atoms with Gasteiger partial charge in [0.25, 0.3) is 0 Å². The van der Waals surface area contributed by atoms with Gasteiger partial charge in [0.2, 0.25) is 0 Å². The molecule has 108 valence electrons. The molecular weight excluding hydrogens is 278 g/mol. The maximum atomic E-state index is 12.0. The monoisotopic (exact) mass is 291 g/mol. The molecule has 4 rings (SSSR count). The fourth-order valence-electron chi connectivity index (χ4n) is 2.89. The first kappa shape index (κ1) is 12.8. The van der Waals surface area contributed by atoms with Crippen LogP contribution in [0.15, 0.2) is 59.4 Å². The van der Waals surface area contributed by atoms with Gasteiger partial charge < -0.3 is 5.11 Å². The Kier molecular flexibility index (Phi) is 2.80. The van der Waals surface area contributed by atoms with Gasteiger partial charge in [-0.15, -0.1) is 0 Å². The number of pyridine rings is 1. The van der Waals surface area contributed by atoms with E-state index in [1.54, 1.807) is 4.40 Å². The number of H-pyrrole nitrogens is 1. The fraction of sp³-hybridized carbons (Fsp3) is 0.0588. The first-order chi connectivity index (χ1) is 10.8. The molecule has 5 heteroatoms. The van der Waals surface area contributed by atoms with Crippen molar-refractivity contribution in [2.45, 2.75) is 6.61 Å². The highest BCUT2D eigenvalue weighted by Crippen LogP contribution is 2.31. The highest BCUT2D eigenvalue weighted by Gasteiger charge is 2.11. The molecule has 2 heterocycles. The normalized spacial score (nSPS) is 11.3. The van der Waals surface area contributed by atoms with E-state index in [-0.39, 0.29) is 12.3 Å². The number of nitrogens with zero attached hydrogens (tertiary/aromatic N) is 2. The number of benzene rings is 2. The fourth-order valence-corrected chi connectivity index (χ4v) is 2.89. The maximum absolute atomic E-state index is 12.0. The molecule has 2 N–H and O–H groups in total. The Morgan fingerprint density at radius 1 is 1.00 bits per heavy atom. The lowest BCUT2D eigenvalue weighted by molar-refractivity contribution is 0.282. The molecule has 0 radical (unpaired) electrons. The van der Waals surface area contributed by atoms with Gasteiger partial charge in [-0.25, -0.2) is 14.3 Å². The minimum Gasteiger partial charge on any atom is -0.392 e. The molecule has 0 atom stereocenters. The van der Waals surface area contributed by atoms with E-state index in [2.05, 4.69) is 10.2 Å². The second-order valence-electron chi connectivity index (χ2n) is 5.11. The van der Waals surface area contributed by atoms with E-state index in [4.69, 9.17) is 0 Å². The van der Waals surface area contributed by atoms with E-state index < -0.39 is 0 Å². The summed E-state index contributed by atoms with van der Waals surface area (Å²) in [6.07, 6.45) is 0. The molecule has 0 amide bonds. The van der Waals surface area contributed by atoms with Crippen LogP contribution in [0.25, 0.3) is 27.7 Å². The van der Waals surface area contributed by atoms with Crippen LogP contribution < -0.4 is 5.69 Å². The number of aliphatic hydroxyl groups excluding tert-OH is 1. The zero-order valence-corrected chi connectivity index (χ0v) is 11.7. The minimum atomic E-state index is -0.256. The molecule has 5 nitrogen and oxygen atoms in total. The third kappa shape index (κ3) is 1.76. The Labute approximate surface area is 125 Å². The third-order valence-corrected chi connectivity index (χ3v) is 3.90. The lowest BCUT2D eigenvalue weighted by Gasteiger charge is -2.11. The number of aromatic nitrogens is 3. The van der Waals surface area contributed by atoms with Crippen molar-refractivity contribution < 1.29 is 5.11 Å². The number of rotatable bonds is 2. The second-order valence-corrected chi connectivity index (χ2v) is 5.11. The standard InChI is InChI=1S/C17H13N3O2/c21-10-11-4-1-2-5-12(11)13-6-3-7-15-14(13)8-9-16-18-19-17(22)20(15)16/h1-9,21H,10H2,(H,19,22). The predicted octanol–water partition coefficient (Wildman–Crippen LogP) is 2.34. The summed E-state index contributed by atoms with van der Waals surface area (Å²) in [5, 5.41) is 17.0. The van der Waals surface area contributed by atoms with Gasteiger partial charge in [0.1, 0.15) is 0 Å². The van der Waals surface area contributed by atoms with Crippen LogP contribution in [0.1, 0.15) is 5.56 Å². The van der Waals surface area contributed by atoms with Crippen LogP contribution >= 0.6 is 0 Å². The first-order valence-electron chi connectivity index (χ1n) is 6.97. The SMILES string of the molecule is O=c1[nH]nc2ccc3c(-c4ccccc4CO)cccc3n12. The maximum Gasteiger partial charge on any atom is 0.348 e. The average molecular weight is 291 g/mol. The molecule has 2 aromatic carbocycles. The summed E-state index contributed by atoms with van der Waals surface area (Å²) >= 11 is 0. The van der Waals surface area contributed by atoms with Crippen molar-refractivity contribution in [2.75, 3.05) is 0 Å². The molecule has 0 spiro atoms. The molecule has 0 bridgehead atoms. The highest BCUT2D eigenvalue weighted by molar-refractivity contribution is 5.96. The van der Waals surface area contributed by atoms with Crippen molar-refractivity contribution in [2.24, 2.45) is 0 Å². The Balaban J connectivity index is 2.13. The Hall–Kier alpha value is -2.92. The van der Waals surface area contributed by atoms with Gasteiger partial charge in [-0.05, 0) is 34.9 Å². The van der Waals surface area contributed by atoms with E-state index in [1.807, 2.05) is 54.6 Å². The molecule has 0 aliphatic rings. The zero-order valence-electron chi connectivity index (χ0n) is 11.7. The number of nitrogens with one attached hydrogen (secondary N) is 1. The van der Waals surface area contributed by atoms with E-state index in [0.717, 1.165) is 27.6 Å². The number of hydrogen-bond donors (Lipinski definition) is 2. The summed E-state index contributed by atoms with van der Waals surface area (Å²) in [4.78, 5) is 12.0. The summed E-state index contributed by atoms with van der Waals surface area (Å²) in [7, 11) is 0. The molecule has 4 aromatic rings. The van der Waals surface area contributed by atoms with Crippen LogP contribution in [0.2, 0.25) is 0 Å². The number of fused-ring (bicyclic) bond motifs is 3. The summed E-state index contributed by atoms with van der Waals surface area (Å²) in [5.41, 5.74) is 3.93. The van der Waals surface area contributed by atoms with Crippen molar-refractivity contribution in [3.05, 3.63) is 70.6 Å². The summed E-state index contributed by atoms with van der Waals surface area (Å²) in [6, 6.07) is 17.3. The van der Waals surface area contributed by atoms with Crippen molar-refractivity contribution in [3.8, 4) is 11.1 Å². The smallest absolute Gasteiger partial charge is 0.348 e. The molecular formula is C17H13N3O2. The topological polar surface area (TPSA) is 70.4 Å². The van der Waals surface area contributed by atoms with Crippen LogP contribution in [-0.2, 0) is 6.61 Å². The average Bonchev–Trinajstić information content (AvgIpc) is 2.96. The van der Waals surface area contributed by atoms with Crippen molar-refractivity contribution in [3.63, 3.8) is 0 Å². The molecule has 0 fully saturated rings. The van der Waals surface area contributed by atoms with Crippen LogP contribution in [0.5, 0.6) is 0 Å². The largest absolute Gasteiger partial charge is 0.392 e. The predicted molar refractivity (Wildman–Crippen MR) is 84.7 cm³/mol. The molecule has 0 saturated heterocycles. The summed E-state index contributed by atoms with van der Waals surface area (Å²) in [6.45, 7) is -0.0273. The van der Waals surface area contributed by atoms with E-state index in [0.29, 0.717) is 5.65 Å². The molecule has 0 aliphatic heterocycles. The molecule has 22 heavy (non-hydrogen) atoms. The Morgan fingerprint density at radius 2 is 1.82 bits per heavy atom. The lowest BCUT2D eigenvalue weighted by Crippen LogP contribution is -2.09. The second kappa shape index (κ2) is 4.82. The third-order valence-electron chi connectivity index (χ3n) is 3.90.